The Balaban J connectivity index is 1.52. The van der Waals surface area contributed by atoms with Gasteiger partial charge >= 0.3 is 0 Å². The number of methoxy groups -OCH3 is 1. The first-order chi connectivity index (χ1) is 15.5. The lowest BCUT2D eigenvalue weighted by molar-refractivity contribution is -0.118. The summed E-state index contributed by atoms with van der Waals surface area (Å²) in [5, 5.41) is 5.90. The number of benzene rings is 3. The molecule has 1 aromatic heterocycles. The second-order valence-electron chi connectivity index (χ2n) is 6.78. The molecule has 0 atom stereocenters. The van der Waals surface area contributed by atoms with Crippen molar-refractivity contribution < 1.29 is 27.9 Å². The lowest BCUT2D eigenvalue weighted by atomic mass is 10.2. The van der Waals surface area contributed by atoms with Crippen LogP contribution < -0.4 is 20.1 Å². The van der Waals surface area contributed by atoms with E-state index in [1.165, 1.54) is 24.3 Å². The third-order valence-corrected chi connectivity index (χ3v) is 4.60. The van der Waals surface area contributed by atoms with Crippen molar-refractivity contribution in [3.8, 4) is 11.5 Å². The predicted octanol–water partition coefficient (Wildman–Crippen LogP) is 4.85. The minimum atomic E-state index is -0.584. The molecule has 0 aliphatic heterocycles. The average Bonchev–Trinajstić information content (AvgIpc) is 3.18. The van der Waals surface area contributed by atoms with E-state index in [1.54, 1.807) is 55.6 Å². The first kappa shape index (κ1) is 20.9. The van der Waals surface area contributed by atoms with E-state index in [0.717, 1.165) is 0 Å². The summed E-state index contributed by atoms with van der Waals surface area (Å²) in [5.41, 5.74) is 1.05. The van der Waals surface area contributed by atoms with Gasteiger partial charge in [0.05, 0.1) is 7.11 Å². The molecule has 0 fully saturated rings. The average molecular weight is 434 g/mol. The molecule has 0 aliphatic rings. The van der Waals surface area contributed by atoms with Crippen LogP contribution in [0.3, 0.4) is 0 Å². The van der Waals surface area contributed by atoms with E-state index in [4.69, 9.17) is 13.9 Å². The summed E-state index contributed by atoms with van der Waals surface area (Å²) in [5.74, 6) is -0.386. The lowest BCUT2D eigenvalue weighted by Crippen LogP contribution is -2.22. The summed E-state index contributed by atoms with van der Waals surface area (Å²) >= 11 is 0. The first-order valence-corrected chi connectivity index (χ1v) is 9.68. The highest BCUT2D eigenvalue weighted by molar-refractivity contribution is 6.14. The van der Waals surface area contributed by atoms with Crippen molar-refractivity contribution in [2.75, 3.05) is 24.4 Å². The van der Waals surface area contributed by atoms with Crippen LogP contribution in [0, 0.1) is 5.82 Å². The van der Waals surface area contributed by atoms with Crippen molar-refractivity contribution in [2.24, 2.45) is 0 Å². The molecule has 3 aromatic carbocycles. The van der Waals surface area contributed by atoms with Gasteiger partial charge in [0.2, 0.25) is 5.76 Å². The van der Waals surface area contributed by atoms with Crippen LogP contribution in [0.25, 0.3) is 11.0 Å². The molecule has 8 heteroatoms. The molecule has 0 aliphatic carbocycles. The summed E-state index contributed by atoms with van der Waals surface area (Å²) in [6.07, 6.45) is 0. The smallest absolute Gasteiger partial charge is 0.293 e. The quantitative estimate of drug-likeness (QED) is 0.434. The Bertz CT molecular complexity index is 1250. The largest absolute Gasteiger partial charge is 0.497 e. The maximum absolute atomic E-state index is 13.1. The molecule has 7 nitrogen and oxygen atoms in total. The van der Waals surface area contributed by atoms with Crippen LogP contribution in [0.5, 0.6) is 11.5 Å². The first-order valence-electron chi connectivity index (χ1n) is 9.68. The summed E-state index contributed by atoms with van der Waals surface area (Å²) < 4.78 is 29.4. The van der Waals surface area contributed by atoms with Crippen LogP contribution in [0.15, 0.2) is 77.2 Å². The minimum Gasteiger partial charge on any atom is -0.497 e. The standard InChI is InChI=1S/C24H19FN2O5/c1-30-17-10-12-18(13-11-17)31-14-21(28)27-22-19-4-2-3-5-20(19)32-23(22)24(29)26-16-8-6-15(25)7-9-16/h2-13H,14H2,1H3,(H,26,29)(H,27,28). The predicted molar refractivity (Wildman–Crippen MR) is 118 cm³/mol. The fourth-order valence-electron chi connectivity index (χ4n) is 3.05. The normalized spacial score (nSPS) is 10.6. The molecule has 1 heterocycles. The molecule has 2 amide bonds. The molecule has 162 valence electrons. The van der Waals surface area contributed by atoms with Crippen LogP contribution in [-0.2, 0) is 4.79 Å². The van der Waals surface area contributed by atoms with E-state index < -0.39 is 17.6 Å². The second kappa shape index (κ2) is 9.22. The highest BCUT2D eigenvalue weighted by Gasteiger charge is 2.22. The van der Waals surface area contributed by atoms with Gasteiger partial charge in [-0.1, -0.05) is 12.1 Å². The van der Waals surface area contributed by atoms with E-state index in [1.807, 2.05) is 0 Å². The van der Waals surface area contributed by atoms with Gasteiger partial charge in [0.15, 0.2) is 6.61 Å². The topological polar surface area (TPSA) is 89.8 Å². The molecule has 32 heavy (non-hydrogen) atoms. The minimum absolute atomic E-state index is 0.0756. The third-order valence-electron chi connectivity index (χ3n) is 4.60. The van der Waals surface area contributed by atoms with Gasteiger partial charge in [-0.15, -0.1) is 0 Å². The van der Waals surface area contributed by atoms with Crippen LogP contribution >= 0.6 is 0 Å². The van der Waals surface area contributed by atoms with Crippen molar-refractivity contribution in [1.82, 2.24) is 0 Å². The Kier molecular flexibility index (Phi) is 6.03. The summed E-state index contributed by atoms with van der Waals surface area (Å²) in [7, 11) is 1.56. The van der Waals surface area contributed by atoms with Crippen molar-refractivity contribution in [1.29, 1.82) is 0 Å². The number of nitrogens with one attached hydrogen (secondary N) is 2. The Morgan fingerprint density at radius 1 is 0.906 bits per heavy atom. The van der Waals surface area contributed by atoms with Gasteiger partial charge < -0.3 is 24.5 Å². The number of carbonyl (C=O) groups excluding carboxylic acids is 2. The second-order valence-corrected chi connectivity index (χ2v) is 6.78. The van der Waals surface area contributed by atoms with Gasteiger partial charge in [-0.05, 0) is 60.7 Å². The molecule has 0 spiro atoms. The summed E-state index contributed by atoms with van der Waals surface area (Å²) in [4.78, 5) is 25.4. The van der Waals surface area contributed by atoms with Crippen molar-refractivity contribution in [2.45, 2.75) is 0 Å². The molecule has 4 aromatic rings. The Morgan fingerprint density at radius 3 is 2.31 bits per heavy atom. The lowest BCUT2D eigenvalue weighted by Gasteiger charge is -2.09. The maximum Gasteiger partial charge on any atom is 0.293 e. The van der Waals surface area contributed by atoms with E-state index in [0.29, 0.717) is 28.2 Å². The summed E-state index contributed by atoms with van der Waals surface area (Å²) in [6, 6.07) is 19.1. The van der Waals surface area contributed by atoms with Gasteiger partial charge in [-0.2, -0.15) is 0 Å². The number of amides is 2. The molecule has 0 saturated carbocycles. The highest BCUT2D eigenvalue weighted by atomic mass is 19.1. The van der Waals surface area contributed by atoms with Crippen LogP contribution in [0.1, 0.15) is 10.6 Å². The fraction of sp³-hybridized carbons (Fsp3) is 0.0833. The number of rotatable bonds is 7. The number of furan rings is 1. The number of fused-ring (bicyclic) bond motifs is 1. The molecule has 0 saturated heterocycles. The number of hydrogen-bond acceptors (Lipinski definition) is 5. The van der Waals surface area contributed by atoms with E-state index in [9.17, 15) is 14.0 Å². The molecular weight excluding hydrogens is 415 g/mol. The van der Waals surface area contributed by atoms with Gasteiger partial charge in [-0.3, -0.25) is 9.59 Å². The number of halogens is 1. The number of hydrogen-bond donors (Lipinski definition) is 2. The van der Waals surface area contributed by atoms with E-state index in [-0.39, 0.29) is 18.1 Å². The van der Waals surface area contributed by atoms with Crippen molar-refractivity contribution in [3.63, 3.8) is 0 Å². The van der Waals surface area contributed by atoms with E-state index >= 15 is 0 Å². The zero-order chi connectivity index (χ0) is 22.5. The van der Waals surface area contributed by atoms with Crippen LogP contribution in [-0.4, -0.2) is 25.5 Å². The number of ether oxygens (including phenoxy) is 2. The maximum atomic E-state index is 13.1. The van der Waals surface area contributed by atoms with Gasteiger partial charge in [0.25, 0.3) is 11.8 Å². The van der Waals surface area contributed by atoms with Gasteiger partial charge in [0, 0.05) is 11.1 Å². The number of anilines is 2. The zero-order valence-electron chi connectivity index (χ0n) is 17.1. The molecule has 2 N–H and O–H groups in total. The molecule has 0 radical (unpaired) electrons. The Labute approximate surface area is 182 Å². The Morgan fingerprint density at radius 2 is 1.59 bits per heavy atom. The zero-order valence-corrected chi connectivity index (χ0v) is 17.1. The highest BCUT2D eigenvalue weighted by Crippen LogP contribution is 2.31. The van der Waals surface area contributed by atoms with Crippen molar-refractivity contribution in [3.05, 3.63) is 84.4 Å². The third kappa shape index (κ3) is 4.70. The van der Waals surface area contributed by atoms with Crippen LogP contribution in [0.2, 0.25) is 0 Å². The number of carbonyl (C=O) groups is 2. The fourth-order valence-corrected chi connectivity index (χ4v) is 3.05. The molecule has 0 unspecified atom stereocenters. The van der Waals surface area contributed by atoms with Gasteiger partial charge in [-0.25, -0.2) is 4.39 Å². The monoisotopic (exact) mass is 434 g/mol. The SMILES string of the molecule is COc1ccc(OCC(=O)Nc2c(C(=O)Nc3ccc(F)cc3)oc3ccccc23)cc1. The Hall–Kier alpha value is -4.33. The summed E-state index contributed by atoms with van der Waals surface area (Å²) in [6.45, 7) is -0.273. The van der Waals surface area contributed by atoms with Gasteiger partial charge in [0.1, 0.15) is 28.6 Å². The van der Waals surface area contributed by atoms with Crippen LogP contribution in [0.4, 0.5) is 15.8 Å². The number of para-hydroxylation sites is 1. The molecule has 4 rings (SSSR count). The van der Waals surface area contributed by atoms with Crippen molar-refractivity contribution >= 4 is 34.2 Å². The molecular formula is C24H19FN2O5. The van der Waals surface area contributed by atoms with E-state index in [2.05, 4.69) is 10.6 Å². The molecule has 0 bridgehead atoms.